The number of fused-ring (bicyclic) bond motifs is 1. The first kappa shape index (κ1) is 20.3. The van der Waals surface area contributed by atoms with Gasteiger partial charge >= 0.3 is 11.9 Å². The maximum Gasteiger partial charge on any atom is 0.355 e. The average Bonchev–Trinajstić information content (AvgIpc) is 3.07. The van der Waals surface area contributed by atoms with Crippen LogP contribution in [0.4, 0.5) is 11.4 Å². The summed E-state index contributed by atoms with van der Waals surface area (Å²) in [7, 11) is 2.38. The molecule has 0 saturated heterocycles. The van der Waals surface area contributed by atoms with E-state index in [1.54, 1.807) is 48.5 Å². The fraction of sp³-hybridized carbons (Fsp3) is 0.182. The first-order valence-corrected chi connectivity index (χ1v) is 9.31. The fourth-order valence-electron chi connectivity index (χ4n) is 3.62. The molecule has 2 heterocycles. The first-order chi connectivity index (χ1) is 15.0. The lowest BCUT2D eigenvalue weighted by Gasteiger charge is -2.33. The lowest BCUT2D eigenvalue weighted by atomic mass is 10.1. The summed E-state index contributed by atoms with van der Waals surface area (Å²) in [6.45, 7) is -0.256. The Morgan fingerprint density at radius 1 is 0.839 bits per heavy atom. The Bertz CT molecular complexity index is 1100. The monoisotopic (exact) mass is 422 g/mol. The number of benzene rings is 2. The van der Waals surface area contributed by atoms with E-state index in [-0.39, 0.29) is 41.4 Å². The number of amides is 2. The highest BCUT2D eigenvalue weighted by Gasteiger charge is 2.40. The van der Waals surface area contributed by atoms with Crippen LogP contribution in [0.25, 0.3) is 0 Å². The minimum atomic E-state index is -0.777. The van der Waals surface area contributed by atoms with Crippen molar-refractivity contribution in [2.24, 2.45) is 0 Å². The molecule has 0 atom stereocenters. The van der Waals surface area contributed by atoms with Gasteiger partial charge in [0.25, 0.3) is 11.8 Å². The number of para-hydroxylation sites is 2. The smallest absolute Gasteiger partial charge is 0.355 e. The number of methoxy groups -OCH3 is 2. The van der Waals surface area contributed by atoms with E-state index in [2.05, 4.69) is 0 Å². The second-order valence-corrected chi connectivity index (χ2v) is 6.70. The maximum atomic E-state index is 13.0. The molecule has 9 heteroatoms. The van der Waals surface area contributed by atoms with Gasteiger partial charge in [-0.3, -0.25) is 9.59 Å². The molecule has 0 unspecified atom stereocenters. The van der Waals surface area contributed by atoms with Gasteiger partial charge in [-0.2, -0.15) is 0 Å². The van der Waals surface area contributed by atoms with Gasteiger partial charge in [-0.15, -0.1) is 0 Å². The van der Waals surface area contributed by atoms with Gasteiger partial charge in [0.2, 0.25) is 0 Å². The number of anilines is 2. The molecule has 0 radical (unpaired) electrons. The molecule has 0 saturated carbocycles. The summed E-state index contributed by atoms with van der Waals surface area (Å²) >= 11 is 0. The molecule has 4 rings (SSSR count). The molecule has 158 valence electrons. The molecular weight excluding hydrogens is 404 g/mol. The van der Waals surface area contributed by atoms with Crippen LogP contribution in [-0.4, -0.2) is 51.3 Å². The molecule has 0 aliphatic carbocycles. The van der Waals surface area contributed by atoms with Gasteiger partial charge in [-0.05, 0) is 24.3 Å². The summed E-state index contributed by atoms with van der Waals surface area (Å²) in [5.74, 6) is -2.49. The molecule has 2 amide bonds. The number of imide groups is 1. The van der Waals surface area contributed by atoms with Gasteiger partial charge in [-0.25, -0.2) is 14.5 Å². The summed E-state index contributed by atoms with van der Waals surface area (Å²) in [4.78, 5) is 53.3. The van der Waals surface area contributed by atoms with Crippen LogP contribution in [0, 0.1) is 0 Å². The number of esters is 2. The zero-order valence-electron chi connectivity index (χ0n) is 16.8. The zero-order chi connectivity index (χ0) is 22.1. The standard InChI is InChI=1S/C22H18N2O7/c1-29-21(27)15-11-31-12-23(18(15)22(28)30-2)16-9-5-6-10-17(16)24-19(25)13-7-3-4-8-14(13)20(24)26/h3-10H,11-12H2,1-2H3. The second kappa shape index (κ2) is 8.04. The number of carbonyl (C=O) groups excluding carboxylic acids is 4. The van der Waals surface area contributed by atoms with Crippen molar-refractivity contribution in [1.82, 2.24) is 0 Å². The van der Waals surface area contributed by atoms with Crippen molar-refractivity contribution < 1.29 is 33.4 Å². The van der Waals surface area contributed by atoms with Gasteiger partial charge in [0.15, 0.2) is 0 Å². The number of hydrogen-bond donors (Lipinski definition) is 0. The predicted octanol–water partition coefficient (Wildman–Crippen LogP) is 1.88. The molecule has 2 aromatic carbocycles. The van der Waals surface area contributed by atoms with Gasteiger partial charge < -0.3 is 19.1 Å². The van der Waals surface area contributed by atoms with Crippen LogP contribution in [0.2, 0.25) is 0 Å². The van der Waals surface area contributed by atoms with Crippen molar-refractivity contribution >= 4 is 35.1 Å². The molecule has 9 nitrogen and oxygen atoms in total. The van der Waals surface area contributed by atoms with Crippen LogP contribution in [0.5, 0.6) is 0 Å². The molecular formula is C22H18N2O7. The Kier molecular flexibility index (Phi) is 5.26. The summed E-state index contributed by atoms with van der Waals surface area (Å²) < 4.78 is 15.2. The zero-order valence-corrected chi connectivity index (χ0v) is 16.8. The van der Waals surface area contributed by atoms with Crippen LogP contribution >= 0.6 is 0 Å². The van der Waals surface area contributed by atoms with Crippen LogP contribution in [0.15, 0.2) is 59.8 Å². The van der Waals surface area contributed by atoms with Crippen LogP contribution in [0.1, 0.15) is 20.7 Å². The number of nitrogens with zero attached hydrogens (tertiary/aromatic N) is 2. The predicted molar refractivity (Wildman–Crippen MR) is 108 cm³/mol. The number of rotatable bonds is 4. The van der Waals surface area contributed by atoms with Crippen LogP contribution in [-0.2, 0) is 23.8 Å². The SMILES string of the molecule is COC(=O)C1=C(C(=O)OC)N(c2ccccc2N2C(=O)c3ccccc3C2=O)COC1. The normalized spacial score (nSPS) is 15.8. The van der Waals surface area contributed by atoms with Crippen molar-refractivity contribution in [2.75, 3.05) is 37.4 Å². The first-order valence-electron chi connectivity index (χ1n) is 9.31. The molecule has 0 bridgehead atoms. The average molecular weight is 422 g/mol. The number of ether oxygens (including phenoxy) is 3. The van der Waals surface area contributed by atoms with E-state index in [1.165, 1.54) is 19.1 Å². The summed E-state index contributed by atoms with van der Waals surface area (Å²) in [6, 6.07) is 13.1. The fourth-order valence-corrected chi connectivity index (χ4v) is 3.62. The van der Waals surface area contributed by atoms with Gasteiger partial charge in [0.05, 0.1) is 48.9 Å². The molecule has 31 heavy (non-hydrogen) atoms. The van der Waals surface area contributed by atoms with Crippen molar-refractivity contribution in [3.8, 4) is 0 Å². The maximum absolute atomic E-state index is 13.0. The van der Waals surface area contributed by atoms with E-state index in [0.29, 0.717) is 5.69 Å². The lowest BCUT2D eigenvalue weighted by Crippen LogP contribution is -2.40. The quantitative estimate of drug-likeness (QED) is 0.544. The van der Waals surface area contributed by atoms with E-state index in [1.807, 2.05) is 0 Å². The van der Waals surface area contributed by atoms with E-state index < -0.39 is 23.8 Å². The Morgan fingerprint density at radius 2 is 1.39 bits per heavy atom. The summed E-state index contributed by atoms with van der Waals surface area (Å²) in [6.07, 6.45) is 0. The minimum absolute atomic E-state index is 0.0298. The lowest BCUT2D eigenvalue weighted by molar-refractivity contribution is -0.140. The summed E-state index contributed by atoms with van der Waals surface area (Å²) in [5, 5.41) is 0. The Balaban J connectivity index is 1.86. The van der Waals surface area contributed by atoms with Crippen molar-refractivity contribution in [3.63, 3.8) is 0 Å². The molecule has 0 fully saturated rings. The van der Waals surface area contributed by atoms with Gasteiger partial charge in [-0.1, -0.05) is 24.3 Å². The molecule has 2 aliphatic rings. The van der Waals surface area contributed by atoms with Crippen LogP contribution in [0.3, 0.4) is 0 Å². The summed E-state index contributed by atoms with van der Waals surface area (Å²) in [5.41, 5.74) is 1.03. The van der Waals surface area contributed by atoms with Gasteiger partial charge in [0, 0.05) is 0 Å². The van der Waals surface area contributed by atoms with E-state index >= 15 is 0 Å². The third-order valence-corrected chi connectivity index (χ3v) is 5.04. The number of hydrogen-bond acceptors (Lipinski definition) is 8. The Labute approximate surface area is 177 Å². The topological polar surface area (TPSA) is 102 Å². The highest BCUT2D eigenvalue weighted by molar-refractivity contribution is 6.35. The van der Waals surface area contributed by atoms with E-state index in [0.717, 1.165) is 4.90 Å². The molecule has 2 aromatic rings. The third-order valence-electron chi connectivity index (χ3n) is 5.04. The molecule has 0 N–H and O–H groups in total. The molecule has 2 aliphatic heterocycles. The second-order valence-electron chi connectivity index (χ2n) is 6.70. The van der Waals surface area contributed by atoms with E-state index in [4.69, 9.17) is 14.2 Å². The van der Waals surface area contributed by atoms with Crippen molar-refractivity contribution in [3.05, 3.63) is 70.9 Å². The highest BCUT2D eigenvalue weighted by atomic mass is 16.5. The van der Waals surface area contributed by atoms with E-state index in [9.17, 15) is 19.2 Å². The van der Waals surface area contributed by atoms with Crippen molar-refractivity contribution in [2.45, 2.75) is 0 Å². The third kappa shape index (κ3) is 3.24. The molecule has 0 aromatic heterocycles. The van der Waals surface area contributed by atoms with Gasteiger partial charge in [0.1, 0.15) is 12.4 Å². The largest absolute Gasteiger partial charge is 0.466 e. The molecule has 0 spiro atoms. The van der Waals surface area contributed by atoms with Crippen molar-refractivity contribution in [1.29, 1.82) is 0 Å². The van der Waals surface area contributed by atoms with Crippen LogP contribution < -0.4 is 9.80 Å². The highest BCUT2D eigenvalue weighted by Crippen LogP contribution is 2.38. The Morgan fingerprint density at radius 3 is 1.97 bits per heavy atom. The minimum Gasteiger partial charge on any atom is -0.466 e. The number of carbonyl (C=O) groups is 4. The Hall–Kier alpha value is -3.98.